The average molecular weight is 260 g/mol. The van der Waals surface area contributed by atoms with E-state index < -0.39 is 0 Å². The average Bonchev–Trinajstić information content (AvgIpc) is 2.37. The number of hydrogen-bond donors (Lipinski definition) is 1. The van der Waals surface area contributed by atoms with Crippen molar-refractivity contribution in [2.45, 2.75) is 23.1 Å². The Balaban J connectivity index is 2.15. The first-order valence-corrected chi connectivity index (χ1v) is 6.71. The second kappa shape index (κ2) is 6.31. The summed E-state index contributed by atoms with van der Waals surface area (Å²) in [6, 6.07) is 9.76. The van der Waals surface area contributed by atoms with Crippen molar-refractivity contribution in [2.24, 2.45) is 0 Å². The van der Waals surface area contributed by atoms with Crippen LogP contribution in [0.3, 0.4) is 0 Å². The molecule has 0 spiro atoms. The molecule has 3 nitrogen and oxygen atoms in total. The highest BCUT2D eigenvalue weighted by molar-refractivity contribution is 7.99. The number of nitrogens with zero attached hydrogens (tertiary/aromatic N) is 1. The molecular formula is C14H16N2OS. The summed E-state index contributed by atoms with van der Waals surface area (Å²) >= 11 is 1.65. The molecule has 0 bridgehead atoms. The largest absolute Gasteiger partial charge is 0.493 e. The number of aromatic nitrogens is 1. The van der Waals surface area contributed by atoms with Gasteiger partial charge in [-0.05, 0) is 30.7 Å². The number of ether oxygens (including phenoxy) is 1. The van der Waals surface area contributed by atoms with Crippen LogP contribution in [-0.2, 0) is 0 Å². The van der Waals surface area contributed by atoms with Crippen molar-refractivity contribution in [1.82, 2.24) is 4.98 Å². The van der Waals surface area contributed by atoms with Gasteiger partial charge in [0.2, 0.25) is 0 Å². The van der Waals surface area contributed by atoms with Crippen molar-refractivity contribution in [3.8, 4) is 5.75 Å². The Morgan fingerprint density at radius 3 is 2.67 bits per heavy atom. The fraction of sp³-hybridized carbons (Fsp3) is 0.214. The highest BCUT2D eigenvalue weighted by atomic mass is 32.2. The Kier molecular flexibility index (Phi) is 4.47. The Bertz CT molecular complexity index is 502. The second-order valence-electron chi connectivity index (χ2n) is 3.87. The molecule has 0 aliphatic heterocycles. The molecule has 1 aromatic carbocycles. The van der Waals surface area contributed by atoms with Crippen LogP contribution in [0.2, 0.25) is 0 Å². The number of anilines is 1. The van der Waals surface area contributed by atoms with Crippen molar-refractivity contribution in [3.05, 3.63) is 42.7 Å². The standard InChI is InChI=1S/C14H16N2OS/c1-2-7-17-12-8-11(15)9-14(10-12)18-13-3-5-16-6-4-13/h3-6,8-10H,2,7,15H2,1H3. The van der Waals surface area contributed by atoms with Crippen molar-refractivity contribution in [1.29, 1.82) is 0 Å². The fourth-order valence-electron chi connectivity index (χ4n) is 1.50. The summed E-state index contributed by atoms with van der Waals surface area (Å²) in [5.41, 5.74) is 6.60. The van der Waals surface area contributed by atoms with E-state index in [0.29, 0.717) is 6.61 Å². The molecule has 2 rings (SSSR count). The fourth-order valence-corrected chi connectivity index (χ4v) is 2.40. The molecule has 2 aromatic rings. The van der Waals surface area contributed by atoms with Crippen LogP contribution in [-0.4, -0.2) is 11.6 Å². The van der Waals surface area contributed by atoms with E-state index >= 15 is 0 Å². The molecule has 0 fully saturated rings. The Hall–Kier alpha value is -1.68. The summed E-state index contributed by atoms with van der Waals surface area (Å²) < 4.78 is 5.61. The molecule has 0 amide bonds. The van der Waals surface area contributed by atoms with E-state index in [0.717, 1.165) is 27.6 Å². The summed E-state index contributed by atoms with van der Waals surface area (Å²) in [7, 11) is 0. The van der Waals surface area contributed by atoms with Crippen molar-refractivity contribution in [2.75, 3.05) is 12.3 Å². The smallest absolute Gasteiger partial charge is 0.122 e. The van der Waals surface area contributed by atoms with Crippen LogP contribution in [0.1, 0.15) is 13.3 Å². The maximum absolute atomic E-state index is 5.88. The number of benzene rings is 1. The third kappa shape index (κ3) is 3.67. The molecule has 0 unspecified atom stereocenters. The van der Waals surface area contributed by atoms with Crippen LogP contribution in [0.5, 0.6) is 5.75 Å². The molecule has 0 saturated heterocycles. The quantitative estimate of drug-likeness (QED) is 0.834. The predicted octanol–water partition coefficient (Wildman–Crippen LogP) is 3.60. The van der Waals surface area contributed by atoms with Gasteiger partial charge in [-0.25, -0.2) is 0 Å². The van der Waals surface area contributed by atoms with Gasteiger partial charge in [-0.1, -0.05) is 18.7 Å². The lowest BCUT2D eigenvalue weighted by Gasteiger charge is -2.08. The molecule has 1 heterocycles. The second-order valence-corrected chi connectivity index (χ2v) is 5.02. The van der Waals surface area contributed by atoms with Crippen LogP contribution in [0, 0.1) is 0 Å². The lowest BCUT2D eigenvalue weighted by atomic mass is 10.3. The lowest BCUT2D eigenvalue weighted by Crippen LogP contribution is -1.96. The third-order valence-electron chi connectivity index (χ3n) is 2.26. The molecule has 4 heteroatoms. The summed E-state index contributed by atoms with van der Waals surface area (Å²) in [6.45, 7) is 2.79. The SMILES string of the molecule is CCCOc1cc(N)cc(Sc2ccncc2)c1. The number of hydrogen-bond acceptors (Lipinski definition) is 4. The van der Waals surface area contributed by atoms with Crippen molar-refractivity contribution in [3.63, 3.8) is 0 Å². The molecule has 1 aromatic heterocycles. The van der Waals surface area contributed by atoms with E-state index in [4.69, 9.17) is 10.5 Å². The molecular weight excluding hydrogens is 244 g/mol. The number of rotatable bonds is 5. The van der Waals surface area contributed by atoms with E-state index in [1.54, 1.807) is 24.2 Å². The molecule has 0 aliphatic carbocycles. The van der Waals surface area contributed by atoms with Gasteiger partial charge in [-0.15, -0.1) is 0 Å². The van der Waals surface area contributed by atoms with E-state index in [-0.39, 0.29) is 0 Å². The zero-order valence-corrected chi connectivity index (χ0v) is 11.1. The van der Waals surface area contributed by atoms with Crippen LogP contribution in [0.4, 0.5) is 5.69 Å². The van der Waals surface area contributed by atoms with Gasteiger partial charge in [0.1, 0.15) is 5.75 Å². The lowest BCUT2D eigenvalue weighted by molar-refractivity contribution is 0.317. The number of pyridine rings is 1. The van der Waals surface area contributed by atoms with Crippen molar-refractivity contribution >= 4 is 17.4 Å². The molecule has 18 heavy (non-hydrogen) atoms. The summed E-state index contributed by atoms with van der Waals surface area (Å²) in [4.78, 5) is 6.21. The Morgan fingerprint density at radius 2 is 1.94 bits per heavy atom. The van der Waals surface area contributed by atoms with Gasteiger partial charge in [0.15, 0.2) is 0 Å². The molecule has 0 radical (unpaired) electrons. The predicted molar refractivity (Wildman–Crippen MR) is 75.0 cm³/mol. The first-order chi connectivity index (χ1) is 8.78. The van der Waals surface area contributed by atoms with Crippen molar-refractivity contribution < 1.29 is 4.74 Å². The first-order valence-electron chi connectivity index (χ1n) is 5.89. The van der Waals surface area contributed by atoms with Gasteiger partial charge in [0.25, 0.3) is 0 Å². The van der Waals surface area contributed by atoms with E-state index in [1.807, 2.05) is 30.3 Å². The van der Waals surface area contributed by atoms with Gasteiger partial charge in [-0.3, -0.25) is 4.98 Å². The molecule has 0 atom stereocenters. The van der Waals surface area contributed by atoms with Crippen LogP contribution >= 0.6 is 11.8 Å². The van der Waals surface area contributed by atoms with Gasteiger partial charge in [0, 0.05) is 33.9 Å². The topological polar surface area (TPSA) is 48.1 Å². The number of nitrogen functional groups attached to an aromatic ring is 1. The zero-order valence-electron chi connectivity index (χ0n) is 10.3. The van der Waals surface area contributed by atoms with Crippen LogP contribution in [0.15, 0.2) is 52.5 Å². The third-order valence-corrected chi connectivity index (χ3v) is 3.24. The number of nitrogens with two attached hydrogens (primary N) is 1. The Morgan fingerprint density at radius 1 is 1.17 bits per heavy atom. The van der Waals surface area contributed by atoms with Gasteiger partial charge in [-0.2, -0.15) is 0 Å². The van der Waals surface area contributed by atoms with Crippen LogP contribution in [0.25, 0.3) is 0 Å². The summed E-state index contributed by atoms with van der Waals surface area (Å²) in [6.07, 6.45) is 4.55. The minimum atomic E-state index is 0.711. The van der Waals surface area contributed by atoms with E-state index in [2.05, 4.69) is 11.9 Å². The maximum Gasteiger partial charge on any atom is 0.122 e. The van der Waals surface area contributed by atoms with Gasteiger partial charge in [0.05, 0.1) is 6.61 Å². The minimum absolute atomic E-state index is 0.711. The maximum atomic E-state index is 5.88. The zero-order chi connectivity index (χ0) is 12.8. The minimum Gasteiger partial charge on any atom is -0.493 e. The molecule has 0 saturated carbocycles. The van der Waals surface area contributed by atoms with Gasteiger partial charge >= 0.3 is 0 Å². The van der Waals surface area contributed by atoms with E-state index in [1.165, 1.54) is 0 Å². The Labute approximate surface area is 111 Å². The highest BCUT2D eigenvalue weighted by Crippen LogP contribution is 2.31. The van der Waals surface area contributed by atoms with Crippen LogP contribution < -0.4 is 10.5 Å². The molecule has 2 N–H and O–H groups in total. The highest BCUT2D eigenvalue weighted by Gasteiger charge is 2.02. The monoisotopic (exact) mass is 260 g/mol. The normalized spacial score (nSPS) is 10.3. The molecule has 94 valence electrons. The molecule has 0 aliphatic rings. The van der Waals surface area contributed by atoms with E-state index in [9.17, 15) is 0 Å². The summed E-state index contributed by atoms with van der Waals surface area (Å²) in [5, 5.41) is 0. The van der Waals surface area contributed by atoms with Gasteiger partial charge < -0.3 is 10.5 Å². The summed E-state index contributed by atoms with van der Waals surface area (Å²) in [5.74, 6) is 0.827. The first kappa shape index (κ1) is 12.8.